The minimum atomic E-state index is -3.77. The van der Waals surface area contributed by atoms with E-state index in [1.54, 1.807) is 13.0 Å². The summed E-state index contributed by atoms with van der Waals surface area (Å²) in [6.45, 7) is 1.35. The van der Waals surface area contributed by atoms with Gasteiger partial charge in [-0.2, -0.15) is 0 Å². The van der Waals surface area contributed by atoms with E-state index in [0.29, 0.717) is 15.7 Å². The van der Waals surface area contributed by atoms with Gasteiger partial charge in [-0.25, -0.2) is 13.1 Å². The first-order chi connectivity index (χ1) is 9.29. The zero-order valence-electron chi connectivity index (χ0n) is 10.9. The summed E-state index contributed by atoms with van der Waals surface area (Å²) in [6, 6.07) is 3.30. The Labute approximate surface area is 126 Å². The number of carbonyl (C=O) groups excluding carboxylic acids is 1. The van der Waals surface area contributed by atoms with E-state index in [-0.39, 0.29) is 23.4 Å². The van der Waals surface area contributed by atoms with Crippen LogP contribution in [0.4, 0.5) is 5.69 Å². The van der Waals surface area contributed by atoms with Crippen LogP contribution in [0, 0.1) is 6.92 Å². The van der Waals surface area contributed by atoms with Crippen LogP contribution in [0.5, 0.6) is 0 Å². The molecule has 0 aliphatic heterocycles. The van der Waals surface area contributed by atoms with Crippen LogP contribution in [0.25, 0.3) is 0 Å². The molecule has 1 aromatic carbocycles. The fourth-order valence-corrected chi connectivity index (χ4v) is 3.60. The molecule has 1 amide bonds. The summed E-state index contributed by atoms with van der Waals surface area (Å²) in [4.78, 5) is 11.6. The molecule has 1 aromatic rings. The number of nitrogens with one attached hydrogen (secondary N) is 2. The van der Waals surface area contributed by atoms with Gasteiger partial charge in [0.15, 0.2) is 0 Å². The maximum atomic E-state index is 12.2. The van der Waals surface area contributed by atoms with Crippen molar-refractivity contribution in [3.8, 4) is 0 Å². The molecule has 1 aliphatic carbocycles. The van der Waals surface area contributed by atoms with Crippen molar-refractivity contribution in [3.05, 3.63) is 22.2 Å². The first-order valence-electron chi connectivity index (χ1n) is 6.14. The lowest BCUT2D eigenvalue weighted by atomic mass is 10.2. The number of hydrogen-bond donors (Lipinski definition) is 3. The highest BCUT2D eigenvalue weighted by Crippen LogP contribution is 2.26. The van der Waals surface area contributed by atoms with Crippen molar-refractivity contribution in [1.82, 2.24) is 10.0 Å². The van der Waals surface area contributed by atoms with Crippen LogP contribution in [0.2, 0.25) is 0 Å². The maximum Gasteiger partial charge on any atom is 0.241 e. The van der Waals surface area contributed by atoms with Gasteiger partial charge in [0.05, 0.1) is 11.4 Å². The van der Waals surface area contributed by atoms with Crippen molar-refractivity contribution in [1.29, 1.82) is 0 Å². The average Bonchev–Trinajstić information content (AvgIpc) is 3.15. The zero-order valence-corrected chi connectivity index (χ0v) is 13.3. The predicted molar refractivity (Wildman–Crippen MR) is 79.6 cm³/mol. The topological polar surface area (TPSA) is 101 Å². The molecular formula is C12H16BrN3O3S. The van der Waals surface area contributed by atoms with Crippen LogP contribution in [0.15, 0.2) is 21.5 Å². The smallest absolute Gasteiger partial charge is 0.241 e. The number of hydrogen-bond acceptors (Lipinski definition) is 4. The Morgan fingerprint density at radius 3 is 2.70 bits per heavy atom. The lowest BCUT2D eigenvalue weighted by Gasteiger charge is -2.11. The lowest BCUT2D eigenvalue weighted by molar-refractivity contribution is -0.120. The minimum Gasteiger partial charge on any atom is -0.398 e. The molecule has 0 unspecified atom stereocenters. The highest BCUT2D eigenvalue weighted by atomic mass is 79.9. The summed E-state index contributed by atoms with van der Waals surface area (Å²) in [5.74, 6) is -0.323. The predicted octanol–water partition coefficient (Wildman–Crippen LogP) is 0.897. The van der Waals surface area contributed by atoms with Gasteiger partial charge in [0.25, 0.3) is 0 Å². The molecule has 1 saturated carbocycles. The summed E-state index contributed by atoms with van der Waals surface area (Å²) in [5.41, 5.74) is 6.59. The molecule has 0 spiro atoms. The fraction of sp³-hybridized carbons (Fsp3) is 0.417. The van der Waals surface area contributed by atoms with Crippen LogP contribution < -0.4 is 15.8 Å². The SMILES string of the molecule is Cc1c(N)cc(Br)cc1S(=O)(=O)NCC(=O)NC1CC1. The van der Waals surface area contributed by atoms with E-state index in [2.05, 4.69) is 26.0 Å². The van der Waals surface area contributed by atoms with Gasteiger partial charge < -0.3 is 11.1 Å². The van der Waals surface area contributed by atoms with Crippen LogP contribution in [-0.2, 0) is 14.8 Å². The third kappa shape index (κ3) is 3.71. The Morgan fingerprint density at radius 1 is 1.45 bits per heavy atom. The molecule has 0 atom stereocenters. The summed E-state index contributed by atoms with van der Waals surface area (Å²) in [6.07, 6.45) is 1.92. The summed E-state index contributed by atoms with van der Waals surface area (Å²) in [5, 5.41) is 2.72. The summed E-state index contributed by atoms with van der Waals surface area (Å²) >= 11 is 3.21. The molecule has 0 bridgehead atoms. The summed E-state index contributed by atoms with van der Waals surface area (Å²) < 4.78 is 27.3. The standard InChI is InChI=1S/C12H16BrN3O3S/c1-7-10(14)4-8(13)5-11(7)20(18,19)15-6-12(17)16-9-2-3-9/h4-5,9,15H,2-3,6,14H2,1H3,(H,16,17). The highest BCUT2D eigenvalue weighted by Gasteiger charge is 2.25. The molecule has 6 nitrogen and oxygen atoms in total. The molecular weight excluding hydrogens is 346 g/mol. The van der Waals surface area contributed by atoms with Crippen LogP contribution in [0.3, 0.4) is 0 Å². The number of nitrogens with two attached hydrogens (primary N) is 1. The van der Waals surface area contributed by atoms with Crippen molar-refractivity contribution >= 4 is 37.5 Å². The van der Waals surface area contributed by atoms with Crippen LogP contribution in [0.1, 0.15) is 18.4 Å². The summed E-state index contributed by atoms with van der Waals surface area (Å²) in [7, 11) is -3.77. The van der Waals surface area contributed by atoms with Crippen molar-refractivity contribution in [2.24, 2.45) is 0 Å². The van der Waals surface area contributed by atoms with E-state index in [4.69, 9.17) is 5.73 Å². The largest absolute Gasteiger partial charge is 0.398 e. The molecule has 0 saturated heterocycles. The number of halogens is 1. The number of nitrogen functional groups attached to an aromatic ring is 1. The third-order valence-corrected chi connectivity index (χ3v) is 5.00. The molecule has 0 aromatic heterocycles. The zero-order chi connectivity index (χ0) is 14.9. The van der Waals surface area contributed by atoms with Gasteiger partial charge in [0, 0.05) is 16.2 Å². The van der Waals surface area contributed by atoms with Gasteiger partial charge in [-0.1, -0.05) is 15.9 Å². The Balaban J connectivity index is 2.11. The van der Waals surface area contributed by atoms with E-state index >= 15 is 0 Å². The van der Waals surface area contributed by atoms with Crippen molar-refractivity contribution in [2.75, 3.05) is 12.3 Å². The molecule has 20 heavy (non-hydrogen) atoms. The van der Waals surface area contributed by atoms with Crippen molar-refractivity contribution in [2.45, 2.75) is 30.7 Å². The lowest BCUT2D eigenvalue weighted by Crippen LogP contribution is -2.38. The van der Waals surface area contributed by atoms with Crippen LogP contribution in [-0.4, -0.2) is 26.9 Å². The molecule has 2 rings (SSSR count). The van der Waals surface area contributed by atoms with Gasteiger partial charge >= 0.3 is 0 Å². The monoisotopic (exact) mass is 361 g/mol. The second kappa shape index (κ2) is 5.71. The molecule has 110 valence electrons. The first kappa shape index (κ1) is 15.3. The average molecular weight is 362 g/mol. The van der Waals surface area contributed by atoms with Gasteiger partial charge in [-0.15, -0.1) is 0 Å². The second-order valence-corrected chi connectivity index (χ2v) is 7.44. The molecule has 0 heterocycles. The third-order valence-electron chi connectivity index (χ3n) is 3.02. The normalized spacial score (nSPS) is 15.1. The molecule has 8 heteroatoms. The van der Waals surface area contributed by atoms with Gasteiger partial charge in [-0.3, -0.25) is 4.79 Å². The first-order valence-corrected chi connectivity index (χ1v) is 8.42. The van der Waals surface area contributed by atoms with E-state index in [0.717, 1.165) is 12.8 Å². The van der Waals surface area contributed by atoms with E-state index < -0.39 is 10.0 Å². The quantitative estimate of drug-likeness (QED) is 0.678. The number of anilines is 1. The van der Waals surface area contributed by atoms with Gasteiger partial charge in [0.2, 0.25) is 15.9 Å². The van der Waals surface area contributed by atoms with Crippen LogP contribution >= 0.6 is 15.9 Å². The molecule has 1 aliphatic rings. The second-order valence-electron chi connectivity index (χ2n) is 4.78. The Morgan fingerprint density at radius 2 is 2.10 bits per heavy atom. The Hall–Kier alpha value is -1.12. The van der Waals surface area contributed by atoms with E-state index in [9.17, 15) is 13.2 Å². The van der Waals surface area contributed by atoms with Crippen molar-refractivity contribution < 1.29 is 13.2 Å². The fourth-order valence-electron chi connectivity index (χ4n) is 1.70. The minimum absolute atomic E-state index is 0.0728. The molecule has 1 fully saturated rings. The van der Waals surface area contributed by atoms with Gasteiger partial charge in [-0.05, 0) is 37.5 Å². The highest BCUT2D eigenvalue weighted by molar-refractivity contribution is 9.10. The number of rotatable bonds is 5. The number of sulfonamides is 1. The van der Waals surface area contributed by atoms with E-state index in [1.165, 1.54) is 6.07 Å². The van der Waals surface area contributed by atoms with Gasteiger partial charge in [0.1, 0.15) is 0 Å². The maximum absolute atomic E-state index is 12.2. The number of amides is 1. The Bertz CT molecular complexity index is 642. The van der Waals surface area contributed by atoms with E-state index in [1.807, 2.05) is 0 Å². The molecule has 4 N–H and O–H groups in total. The Kier molecular flexibility index (Phi) is 4.36. The number of carbonyl (C=O) groups is 1. The van der Waals surface area contributed by atoms with Crippen molar-refractivity contribution in [3.63, 3.8) is 0 Å². The molecule has 0 radical (unpaired) electrons. The number of benzene rings is 1.